The number of esters is 1. The summed E-state index contributed by atoms with van der Waals surface area (Å²) in [6.45, 7) is 0. The average molecular weight is 416 g/mol. The van der Waals surface area contributed by atoms with E-state index in [4.69, 9.17) is 4.74 Å². The molecule has 7 heteroatoms. The van der Waals surface area contributed by atoms with Gasteiger partial charge in [-0.05, 0) is 42.3 Å². The quantitative estimate of drug-likeness (QED) is 0.565. The molecule has 0 saturated heterocycles. The van der Waals surface area contributed by atoms with E-state index < -0.39 is 12.0 Å². The Morgan fingerprint density at radius 2 is 1.71 bits per heavy atom. The van der Waals surface area contributed by atoms with Gasteiger partial charge in [0.1, 0.15) is 6.04 Å². The third-order valence-electron chi connectivity index (χ3n) is 4.64. The molecule has 3 rings (SSSR count). The Bertz CT molecular complexity index is 1020. The Morgan fingerprint density at radius 1 is 1.03 bits per heavy atom. The van der Waals surface area contributed by atoms with Crippen molar-refractivity contribution in [1.29, 1.82) is 0 Å². The number of nitrogens with one attached hydrogen (secondary N) is 1. The highest BCUT2D eigenvalue weighted by molar-refractivity contribution is 5.96. The first kappa shape index (κ1) is 21.7. The van der Waals surface area contributed by atoms with Gasteiger partial charge >= 0.3 is 5.97 Å². The molecule has 0 bridgehead atoms. The van der Waals surface area contributed by atoms with Crippen molar-refractivity contribution in [1.82, 2.24) is 15.3 Å². The number of carbonyl (C=O) groups is 2. The van der Waals surface area contributed by atoms with Gasteiger partial charge in [-0.25, -0.2) is 14.8 Å². The number of aromatic nitrogens is 2. The molecular weight excluding hydrogens is 392 g/mol. The molecular formula is C24H24N4O3. The van der Waals surface area contributed by atoms with Crippen molar-refractivity contribution in [2.75, 3.05) is 19.1 Å². The molecule has 1 N–H and O–H groups in total. The van der Waals surface area contributed by atoms with E-state index in [0.29, 0.717) is 17.9 Å². The minimum absolute atomic E-state index is 0.310. The summed E-state index contributed by atoms with van der Waals surface area (Å²) >= 11 is 0. The normalized spacial score (nSPS) is 11.7. The van der Waals surface area contributed by atoms with Gasteiger partial charge in [0.2, 0.25) is 5.95 Å². The van der Waals surface area contributed by atoms with Gasteiger partial charge < -0.3 is 15.0 Å². The monoisotopic (exact) mass is 416 g/mol. The van der Waals surface area contributed by atoms with Crippen molar-refractivity contribution in [3.63, 3.8) is 0 Å². The highest BCUT2D eigenvalue weighted by atomic mass is 16.5. The minimum Gasteiger partial charge on any atom is -0.467 e. The van der Waals surface area contributed by atoms with E-state index in [1.807, 2.05) is 54.4 Å². The van der Waals surface area contributed by atoms with Crippen LogP contribution in [0, 0.1) is 0 Å². The van der Waals surface area contributed by atoms with Gasteiger partial charge in [0, 0.05) is 30.7 Å². The summed E-state index contributed by atoms with van der Waals surface area (Å²) in [5.41, 5.74) is 2.40. The molecule has 0 aliphatic carbocycles. The molecule has 1 atom stereocenters. The maximum absolute atomic E-state index is 12.4. The molecule has 7 nitrogen and oxygen atoms in total. The Balaban J connectivity index is 1.62. The van der Waals surface area contributed by atoms with Gasteiger partial charge in [-0.3, -0.25) is 4.79 Å². The zero-order valence-corrected chi connectivity index (χ0v) is 17.4. The molecule has 0 aliphatic heterocycles. The first-order valence-corrected chi connectivity index (χ1v) is 9.79. The zero-order chi connectivity index (χ0) is 22.1. The molecule has 0 fully saturated rings. The fourth-order valence-electron chi connectivity index (χ4n) is 2.92. The number of methoxy groups -OCH3 is 1. The van der Waals surface area contributed by atoms with Crippen LogP contribution in [0.15, 0.2) is 79.1 Å². The van der Waals surface area contributed by atoms with Gasteiger partial charge in [0.05, 0.1) is 7.11 Å². The Morgan fingerprint density at radius 3 is 2.35 bits per heavy atom. The Kier molecular flexibility index (Phi) is 7.48. The summed E-state index contributed by atoms with van der Waals surface area (Å²) in [6.07, 6.45) is 7.44. The fraction of sp³-hybridized carbons (Fsp3) is 0.167. The summed E-state index contributed by atoms with van der Waals surface area (Å²) < 4.78 is 4.83. The van der Waals surface area contributed by atoms with Crippen LogP contribution in [-0.2, 0) is 9.53 Å². The lowest BCUT2D eigenvalue weighted by atomic mass is 10.1. The number of benzene rings is 2. The zero-order valence-electron chi connectivity index (χ0n) is 17.4. The number of nitrogens with zero attached hydrogens (tertiary/aromatic N) is 3. The van der Waals surface area contributed by atoms with Crippen molar-refractivity contribution in [3.8, 4) is 0 Å². The molecule has 0 unspecified atom stereocenters. The molecule has 1 heterocycles. The predicted octanol–water partition coefficient (Wildman–Crippen LogP) is 3.62. The van der Waals surface area contributed by atoms with Gasteiger partial charge in [-0.2, -0.15) is 0 Å². The molecule has 0 aliphatic rings. The summed E-state index contributed by atoms with van der Waals surface area (Å²) in [4.78, 5) is 34.8. The maximum atomic E-state index is 12.4. The van der Waals surface area contributed by atoms with Crippen molar-refractivity contribution in [3.05, 3.63) is 90.3 Å². The number of rotatable bonds is 8. The average Bonchev–Trinajstić information content (AvgIpc) is 2.84. The number of carbonyl (C=O) groups excluding carboxylic acids is 2. The van der Waals surface area contributed by atoms with Crippen LogP contribution >= 0.6 is 0 Å². The largest absolute Gasteiger partial charge is 0.467 e. The topological polar surface area (TPSA) is 84.4 Å². The first-order chi connectivity index (χ1) is 15.1. The predicted molar refractivity (Wildman–Crippen MR) is 120 cm³/mol. The van der Waals surface area contributed by atoms with E-state index >= 15 is 0 Å². The van der Waals surface area contributed by atoms with Gasteiger partial charge in [0.15, 0.2) is 0 Å². The second-order valence-electron chi connectivity index (χ2n) is 6.75. The lowest BCUT2D eigenvalue weighted by Gasteiger charge is -2.16. The van der Waals surface area contributed by atoms with E-state index in [1.165, 1.54) is 7.11 Å². The molecule has 3 aromatic rings. The highest BCUT2D eigenvalue weighted by Gasteiger charge is 2.20. The fourth-order valence-corrected chi connectivity index (χ4v) is 2.92. The van der Waals surface area contributed by atoms with Gasteiger partial charge in [0.25, 0.3) is 5.91 Å². The van der Waals surface area contributed by atoms with E-state index in [0.717, 1.165) is 11.3 Å². The summed E-state index contributed by atoms with van der Waals surface area (Å²) in [7, 11) is 3.20. The van der Waals surface area contributed by atoms with Crippen molar-refractivity contribution >= 4 is 29.6 Å². The molecule has 0 saturated carbocycles. The van der Waals surface area contributed by atoms with Crippen LogP contribution in [0.25, 0.3) is 6.08 Å². The third-order valence-corrected chi connectivity index (χ3v) is 4.64. The van der Waals surface area contributed by atoms with Crippen LogP contribution in [0.1, 0.15) is 22.3 Å². The van der Waals surface area contributed by atoms with Crippen molar-refractivity contribution in [2.45, 2.75) is 12.5 Å². The summed E-state index contributed by atoms with van der Waals surface area (Å²) in [5.74, 6) is -0.199. The smallest absolute Gasteiger partial charge is 0.328 e. The molecule has 31 heavy (non-hydrogen) atoms. The lowest BCUT2D eigenvalue weighted by Crippen LogP contribution is -2.41. The van der Waals surface area contributed by atoms with Crippen molar-refractivity contribution in [2.24, 2.45) is 0 Å². The molecule has 0 spiro atoms. The Hall–Kier alpha value is -4.00. The third kappa shape index (κ3) is 5.99. The lowest BCUT2D eigenvalue weighted by molar-refractivity contribution is -0.142. The molecule has 158 valence electrons. The standard InChI is InChI=1S/C24H24N4O3/c1-28(24-25-16-7-17-26-24)20-14-12-18(13-15-20)8-6-11-21(23(30)31-2)27-22(29)19-9-4-3-5-10-19/h3-10,12-17,21H,11H2,1-2H3,(H,27,29)/b8-6+/t21-/m0/s1. The number of amides is 1. The van der Waals surface area contributed by atoms with Crippen LogP contribution in [0.5, 0.6) is 0 Å². The minimum atomic E-state index is -0.769. The number of hydrogen-bond acceptors (Lipinski definition) is 6. The van der Waals surface area contributed by atoms with Crippen LogP contribution in [-0.4, -0.2) is 42.0 Å². The van der Waals surface area contributed by atoms with E-state index in [1.54, 1.807) is 42.7 Å². The van der Waals surface area contributed by atoms with Crippen LogP contribution in [0.3, 0.4) is 0 Å². The summed E-state index contributed by atoms with van der Waals surface area (Å²) in [6, 6.07) is 17.6. The maximum Gasteiger partial charge on any atom is 0.328 e. The van der Waals surface area contributed by atoms with E-state index in [-0.39, 0.29) is 5.91 Å². The number of hydrogen-bond donors (Lipinski definition) is 1. The molecule has 0 radical (unpaired) electrons. The number of anilines is 2. The second kappa shape index (κ2) is 10.7. The SMILES string of the molecule is COC(=O)[C@H](C/C=C/c1ccc(N(C)c2ncccn2)cc1)NC(=O)c1ccccc1. The Labute approximate surface area is 181 Å². The second-order valence-corrected chi connectivity index (χ2v) is 6.75. The number of ether oxygens (including phenoxy) is 1. The van der Waals surface area contributed by atoms with E-state index in [2.05, 4.69) is 15.3 Å². The van der Waals surface area contributed by atoms with Gasteiger partial charge in [-0.1, -0.05) is 42.5 Å². The molecule has 1 aromatic heterocycles. The van der Waals surface area contributed by atoms with Crippen LogP contribution in [0.2, 0.25) is 0 Å². The van der Waals surface area contributed by atoms with Gasteiger partial charge in [-0.15, -0.1) is 0 Å². The molecule has 2 aromatic carbocycles. The first-order valence-electron chi connectivity index (χ1n) is 9.79. The summed E-state index contributed by atoms with van der Waals surface area (Å²) in [5, 5.41) is 2.73. The van der Waals surface area contributed by atoms with Crippen LogP contribution < -0.4 is 10.2 Å². The van der Waals surface area contributed by atoms with E-state index in [9.17, 15) is 9.59 Å². The van der Waals surface area contributed by atoms with Crippen molar-refractivity contribution < 1.29 is 14.3 Å². The van der Waals surface area contributed by atoms with Crippen LogP contribution in [0.4, 0.5) is 11.6 Å². The highest BCUT2D eigenvalue weighted by Crippen LogP contribution is 2.20. The molecule has 1 amide bonds.